The second kappa shape index (κ2) is 3.66. The molecular formula is C11H12N4OS. The predicted octanol–water partition coefficient (Wildman–Crippen LogP) is 1.94. The summed E-state index contributed by atoms with van der Waals surface area (Å²) in [4.78, 5) is 16.4. The molecule has 0 radical (unpaired) electrons. The monoisotopic (exact) mass is 248 g/mol. The molecule has 3 rings (SSSR count). The Labute approximate surface area is 103 Å². The van der Waals surface area contributed by atoms with Crippen LogP contribution in [0.4, 0.5) is 0 Å². The molecule has 2 aromatic heterocycles. The minimum atomic E-state index is 0.00486. The first kappa shape index (κ1) is 10.5. The first-order valence-corrected chi connectivity index (χ1v) is 5.95. The van der Waals surface area contributed by atoms with Crippen LogP contribution in [0.1, 0.15) is 24.6 Å². The fourth-order valence-electron chi connectivity index (χ4n) is 2.01. The second-order valence-corrected chi connectivity index (χ2v) is 4.70. The fourth-order valence-corrected chi connectivity index (χ4v) is 2.15. The highest BCUT2D eigenvalue weighted by Gasteiger charge is 2.27. The Morgan fingerprint density at radius 1 is 1.41 bits per heavy atom. The van der Waals surface area contributed by atoms with E-state index in [1.807, 2.05) is 17.6 Å². The van der Waals surface area contributed by atoms with Crippen LogP contribution in [0.5, 0.6) is 0 Å². The van der Waals surface area contributed by atoms with Crippen molar-refractivity contribution in [3.05, 3.63) is 33.0 Å². The van der Waals surface area contributed by atoms with Gasteiger partial charge in [0.05, 0.1) is 5.56 Å². The van der Waals surface area contributed by atoms with Crippen molar-refractivity contribution < 1.29 is 0 Å². The van der Waals surface area contributed by atoms with E-state index in [1.165, 1.54) is 0 Å². The van der Waals surface area contributed by atoms with Crippen LogP contribution in [0.25, 0.3) is 11.4 Å². The highest BCUT2D eigenvalue weighted by Crippen LogP contribution is 2.34. The van der Waals surface area contributed by atoms with Gasteiger partial charge >= 0.3 is 0 Å². The highest BCUT2D eigenvalue weighted by molar-refractivity contribution is 7.71. The topological polar surface area (TPSA) is 66.5 Å². The van der Waals surface area contributed by atoms with Gasteiger partial charge < -0.3 is 4.57 Å². The molecule has 2 N–H and O–H groups in total. The van der Waals surface area contributed by atoms with Crippen molar-refractivity contribution in [1.82, 2.24) is 19.7 Å². The van der Waals surface area contributed by atoms with Crippen LogP contribution >= 0.6 is 12.2 Å². The lowest BCUT2D eigenvalue weighted by atomic mass is 10.2. The molecule has 0 bridgehead atoms. The van der Waals surface area contributed by atoms with E-state index >= 15 is 0 Å². The van der Waals surface area contributed by atoms with Gasteiger partial charge in [0.25, 0.3) is 5.56 Å². The van der Waals surface area contributed by atoms with E-state index in [1.54, 1.807) is 6.07 Å². The maximum atomic E-state index is 12.3. The van der Waals surface area contributed by atoms with E-state index in [0.717, 1.165) is 18.5 Å². The van der Waals surface area contributed by atoms with Crippen LogP contribution in [0.3, 0.4) is 0 Å². The third-order valence-electron chi connectivity index (χ3n) is 2.99. The van der Waals surface area contributed by atoms with Gasteiger partial charge in [0.15, 0.2) is 5.82 Å². The first-order chi connectivity index (χ1) is 8.16. The van der Waals surface area contributed by atoms with Crippen LogP contribution in [-0.2, 0) is 0 Å². The minimum absolute atomic E-state index is 0.00486. The lowest BCUT2D eigenvalue weighted by molar-refractivity contribution is 0.683. The summed E-state index contributed by atoms with van der Waals surface area (Å²) >= 11 is 4.89. The molecule has 88 valence electrons. The summed E-state index contributed by atoms with van der Waals surface area (Å²) in [5.74, 6) is 0.509. The summed E-state index contributed by atoms with van der Waals surface area (Å²) in [6.07, 6.45) is 2.17. The van der Waals surface area contributed by atoms with Crippen molar-refractivity contribution in [2.24, 2.45) is 0 Å². The Morgan fingerprint density at radius 2 is 2.18 bits per heavy atom. The molecule has 0 amide bonds. The zero-order valence-electron chi connectivity index (χ0n) is 9.36. The van der Waals surface area contributed by atoms with Gasteiger partial charge in [-0.15, -0.1) is 0 Å². The molecule has 2 aromatic rings. The van der Waals surface area contributed by atoms with Crippen LogP contribution < -0.4 is 5.56 Å². The molecule has 0 atom stereocenters. The number of rotatable bonds is 2. The number of pyridine rings is 1. The Bertz CT molecular complexity index is 677. The van der Waals surface area contributed by atoms with Crippen molar-refractivity contribution in [2.45, 2.75) is 25.8 Å². The third-order valence-corrected chi connectivity index (χ3v) is 3.18. The number of nitrogens with zero attached hydrogens (tertiary/aromatic N) is 2. The average molecular weight is 248 g/mol. The smallest absolute Gasteiger partial charge is 0.262 e. The Balaban J connectivity index is 2.21. The standard InChI is InChI=1S/C11H12N4OS/c1-6-2-5-8(9-12-11(17)14-13-9)10(16)15(6)7-3-4-7/h2,5,7H,3-4H2,1H3,(H2,12,13,14,17). The molecule has 0 unspecified atom stereocenters. The van der Waals surface area contributed by atoms with Crippen molar-refractivity contribution in [2.75, 3.05) is 0 Å². The first-order valence-electron chi connectivity index (χ1n) is 5.54. The largest absolute Gasteiger partial charge is 0.309 e. The molecule has 1 saturated carbocycles. The van der Waals surface area contributed by atoms with Crippen LogP contribution in [0.15, 0.2) is 16.9 Å². The quantitative estimate of drug-likeness (QED) is 0.798. The minimum Gasteiger partial charge on any atom is -0.309 e. The number of hydrogen-bond acceptors (Lipinski definition) is 3. The second-order valence-electron chi connectivity index (χ2n) is 4.31. The molecule has 5 nitrogen and oxygen atoms in total. The number of H-pyrrole nitrogens is 2. The molecule has 0 spiro atoms. The summed E-state index contributed by atoms with van der Waals surface area (Å²) in [6, 6.07) is 4.10. The molecule has 1 aliphatic carbocycles. The molecule has 0 saturated heterocycles. The fraction of sp³-hybridized carbons (Fsp3) is 0.364. The summed E-state index contributed by atoms with van der Waals surface area (Å²) in [5.41, 5.74) is 1.57. The highest BCUT2D eigenvalue weighted by atomic mass is 32.1. The Kier molecular flexibility index (Phi) is 2.25. The van der Waals surface area contributed by atoms with Crippen molar-refractivity contribution in [3.63, 3.8) is 0 Å². The van der Waals surface area contributed by atoms with Gasteiger partial charge in [-0.25, -0.2) is 0 Å². The van der Waals surface area contributed by atoms with E-state index in [4.69, 9.17) is 12.2 Å². The van der Waals surface area contributed by atoms with Gasteiger partial charge in [0.1, 0.15) is 0 Å². The molecule has 0 aromatic carbocycles. The Hall–Kier alpha value is -1.69. The normalized spacial score (nSPS) is 15.1. The van der Waals surface area contributed by atoms with Crippen LogP contribution in [-0.4, -0.2) is 19.7 Å². The lowest BCUT2D eigenvalue weighted by Crippen LogP contribution is -2.22. The summed E-state index contributed by atoms with van der Waals surface area (Å²) in [6.45, 7) is 1.95. The molecular weight excluding hydrogens is 236 g/mol. The maximum Gasteiger partial charge on any atom is 0.262 e. The van der Waals surface area contributed by atoms with Gasteiger partial charge in [-0.3, -0.25) is 15.0 Å². The van der Waals surface area contributed by atoms with E-state index < -0.39 is 0 Å². The van der Waals surface area contributed by atoms with Crippen molar-refractivity contribution >= 4 is 12.2 Å². The molecule has 1 fully saturated rings. The summed E-state index contributed by atoms with van der Waals surface area (Å²) in [5, 5.41) is 5.52. The van der Waals surface area contributed by atoms with Gasteiger partial charge in [-0.05, 0) is 44.1 Å². The van der Waals surface area contributed by atoms with Crippen molar-refractivity contribution in [3.8, 4) is 11.4 Å². The average Bonchev–Trinajstić information content (AvgIpc) is 3.02. The van der Waals surface area contributed by atoms with Gasteiger partial charge in [0.2, 0.25) is 4.77 Å². The Morgan fingerprint density at radius 3 is 2.76 bits per heavy atom. The number of hydrogen-bond donors (Lipinski definition) is 2. The maximum absolute atomic E-state index is 12.3. The SMILES string of the molecule is Cc1ccc(-c2nc(=S)[nH][nH]2)c(=O)n1C1CC1. The summed E-state index contributed by atoms with van der Waals surface area (Å²) in [7, 11) is 0. The number of aromatic nitrogens is 4. The zero-order valence-corrected chi connectivity index (χ0v) is 10.2. The molecule has 0 aliphatic heterocycles. The zero-order chi connectivity index (χ0) is 12.0. The van der Waals surface area contributed by atoms with Gasteiger partial charge in [-0.1, -0.05) is 0 Å². The van der Waals surface area contributed by atoms with Gasteiger partial charge in [-0.2, -0.15) is 4.98 Å². The van der Waals surface area contributed by atoms with Crippen molar-refractivity contribution in [1.29, 1.82) is 0 Å². The van der Waals surface area contributed by atoms with E-state index in [-0.39, 0.29) is 5.56 Å². The van der Waals surface area contributed by atoms with Crippen LogP contribution in [0, 0.1) is 11.7 Å². The third kappa shape index (κ3) is 1.74. The predicted molar refractivity (Wildman–Crippen MR) is 66.5 cm³/mol. The molecule has 2 heterocycles. The van der Waals surface area contributed by atoms with E-state index in [2.05, 4.69) is 15.2 Å². The number of aryl methyl sites for hydroxylation is 1. The molecule has 17 heavy (non-hydrogen) atoms. The number of nitrogens with one attached hydrogen (secondary N) is 2. The summed E-state index contributed by atoms with van der Waals surface area (Å²) < 4.78 is 2.21. The van der Waals surface area contributed by atoms with Crippen LogP contribution in [0.2, 0.25) is 0 Å². The lowest BCUT2D eigenvalue weighted by Gasteiger charge is -2.09. The number of aromatic amines is 2. The molecule has 1 aliphatic rings. The van der Waals surface area contributed by atoms with Gasteiger partial charge in [0, 0.05) is 11.7 Å². The molecule has 6 heteroatoms. The van der Waals surface area contributed by atoms with E-state index in [0.29, 0.717) is 22.2 Å². The van der Waals surface area contributed by atoms with E-state index in [9.17, 15) is 4.79 Å².